The van der Waals surface area contributed by atoms with Gasteiger partial charge >= 0.3 is 11.9 Å². The number of carbonyl (C=O) groups is 3. The van der Waals surface area contributed by atoms with Gasteiger partial charge in [-0.1, -0.05) is 11.3 Å². The van der Waals surface area contributed by atoms with E-state index in [1.807, 2.05) is 0 Å². The number of carbonyl (C=O) groups excluding carboxylic acids is 3. The zero-order chi connectivity index (χ0) is 27.7. The van der Waals surface area contributed by atoms with Gasteiger partial charge in [0.05, 0.1) is 39.7 Å². The Kier molecular flexibility index (Phi) is 7.40. The zero-order valence-corrected chi connectivity index (χ0v) is 22.5. The first kappa shape index (κ1) is 26.7. The lowest BCUT2D eigenvalue weighted by molar-refractivity contribution is -0.132. The number of thiazole rings is 1. The highest BCUT2D eigenvalue weighted by molar-refractivity contribution is 7.17. The summed E-state index contributed by atoms with van der Waals surface area (Å²) in [7, 11) is 5.71. The van der Waals surface area contributed by atoms with Crippen molar-refractivity contribution in [3.63, 3.8) is 0 Å². The minimum Gasteiger partial charge on any atom is -0.507 e. The van der Waals surface area contributed by atoms with E-state index in [-0.39, 0.29) is 21.3 Å². The van der Waals surface area contributed by atoms with E-state index >= 15 is 0 Å². The number of esters is 1. The van der Waals surface area contributed by atoms with Crippen LogP contribution in [0.15, 0.2) is 42.0 Å². The first-order valence-corrected chi connectivity index (χ1v) is 12.2. The molecule has 1 aliphatic heterocycles. The fraction of sp³-hybridized carbons (Fsp3) is 0.259. The standard InChI is InChI=1S/C27H26N2O8S/c1-13-11-15(34-3)7-9-17(13)22(30)20-21(18-10-8-16(35-4)12-19(18)36-5)29(25(32)23(20)31)27-28-14(2)24(38-27)26(33)37-6/h7-12,21,30H,1-6H3/b22-20+. The predicted octanol–water partition coefficient (Wildman–Crippen LogP) is 4.20. The molecule has 1 aromatic heterocycles. The Labute approximate surface area is 223 Å². The molecule has 4 rings (SSSR count). The first-order valence-electron chi connectivity index (χ1n) is 11.4. The molecule has 1 amide bonds. The average Bonchev–Trinajstić information content (AvgIpc) is 3.43. The maximum Gasteiger partial charge on any atom is 0.350 e. The summed E-state index contributed by atoms with van der Waals surface area (Å²) in [6.07, 6.45) is 0. The molecular weight excluding hydrogens is 512 g/mol. The van der Waals surface area contributed by atoms with E-state index in [4.69, 9.17) is 18.9 Å². The number of methoxy groups -OCH3 is 4. The summed E-state index contributed by atoms with van der Waals surface area (Å²) in [5.41, 5.74) is 1.58. The number of aromatic nitrogens is 1. The maximum atomic E-state index is 13.5. The normalized spacial score (nSPS) is 16.5. The summed E-state index contributed by atoms with van der Waals surface area (Å²) in [6, 6.07) is 8.77. The lowest BCUT2D eigenvalue weighted by atomic mass is 9.93. The summed E-state index contributed by atoms with van der Waals surface area (Å²) >= 11 is 0.913. The van der Waals surface area contributed by atoms with Gasteiger partial charge < -0.3 is 24.1 Å². The number of ketones is 1. The van der Waals surface area contributed by atoms with Crippen LogP contribution in [0.4, 0.5) is 5.13 Å². The zero-order valence-electron chi connectivity index (χ0n) is 21.6. The van der Waals surface area contributed by atoms with E-state index in [1.165, 1.54) is 33.3 Å². The Morgan fingerprint density at radius 1 is 0.974 bits per heavy atom. The van der Waals surface area contributed by atoms with Gasteiger partial charge in [0, 0.05) is 17.2 Å². The van der Waals surface area contributed by atoms with Crippen LogP contribution in [-0.2, 0) is 14.3 Å². The van der Waals surface area contributed by atoms with Crippen molar-refractivity contribution in [1.29, 1.82) is 0 Å². The smallest absolute Gasteiger partial charge is 0.350 e. The van der Waals surface area contributed by atoms with Gasteiger partial charge in [0.2, 0.25) is 0 Å². The molecule has 3 aromatic rings. The Balaban J connectivity index is 2.00. The van der Waals surface area contributed by atoms with Crippen LogP contribution in [0.5, 0.6) is 17.2 Å². The summed E-state index contributed by atoms with van der Waals surface area (Å²) < 4.78 is 21.0. The van der Waals surface area contributed by atoms with Gasteiger partial charge in [0.15, 0.2) is 5.13 Å². The van der Waals surface area contributed by atoms with E-state index < -0.39 is 23.7 Å². The maximum absolute atomic E-state index is 13.5. The van der Waals surface area contributed by atoms with Crippen LogP contribution < -0.4 is 19.1 Å². The van der Waals surface area contributed by atoms with E-state index in [2.05, 4.69) is 4.98 Å². The number of ether oxygens (including phenoxy) is 4. The second kappa shape index (κ2) is 10.5. The number of amides is 1. The number of hydrogen-bond acceptors (Lipinski definition) is 10. The quantitative estimate of drug-likeness (QED) is 0.204. The summed E-state index contributed by atoms with van der Waals surface area (Å²) in [5, 5.41) is 11.6. The van der Waals surface area contributed by atoms with Gasteiger partial charge in [-0.25, -0.2) is 9.78 Å². The van der Waals surface area contributed by atoms with Gasteiger partial charge in [-0.05, 0) is 49.7 Å². The third-order valence-corrected chi connectivity index (χ3v) is 7.37. The molecule has 10 nitrogen and oxygen atoms in total. The molecule has 2 heterocycles. The topological polar surface area (TPSA) is 124 Å². The van der Waals surface area contributed by atoms with Crippen molar-refractivity contribution >= 4 is 39.9 Å². The highest BCUT2D eigenvalue weighted by Crippen LogP contribution is 2.47. The monoisotopic (exact) mass is 538 g/mol. The van der Waals surface area contributed by atoms with Gasteiger partial charge in [0.1, 0.15) is 33.9 Å². The molecular formula is C27H26N2O8S. The van der Waals surface area contributed by atoms with Crippen molar-refractivity contribution in [2.45, 2.75) is 19.9 Å². The molecule has 198 valence electrons. The van der Waals surface area contributed by atoms with Crippen LogP contribution in [-0.4, -0.2) is 56.2 Å². The van der Waals surface area contributed by atoms with Crippen LogP contribution in [0.2, 0.25) is 0 Å². The molecule has 2 aromatic carbocycles. The molecule has 0 bridgehead atoms. The number of nitrogens with zero attached hydrogens (tertiary/aromatic N) is 2. The van der Waals surface area contributed by atoms with Crippen LogP contribution in [0.1, 0.15) is 38.1 Å². The predicted molar refractivity (Wildman–Crippen MR) is 140 cm³/mol. The minimum absolute atomic E-state index is 0.0957. The van der Waals surface area contributed by atoms with E-state index in [0.717, 1.165) is 11.3 Å². The van der Waals surface area contributed by atoms with Crippen LogP contribution in [0.3, 0.4) is 0 Å². The molecule has 0 spiro atoms. The number of Topliss-reactive ketones (excluding diaryl/α,β-unsaturated/α-hetero) is 1. The number of aryl methyl sites for hydroxylation is 2. The number of aliphatic hydroxyl groups is 1. The van der Waals surface area contributed by atoms with Crippen molar-refractivity contribution in [2.75, 3.05) is 33.3 Å². The average molecular weight is 539 g/mol. The molecule has 38 heavy (non-hydrogen) atoms. The summed E-state index contributed by atoms with van der Waals surface area (Å²) in [5.74, 6) is -1.42. The molecule has 1 atom stereocenters. The van der Waals surface area contributed by atoms with Crippen molar-refractivity contribution < 1.29 is 38.4 Å². The molecule has 0 aliphatic carbocycles. The highest BCUT2D eigenvalue weighted by atomic mass is 32.1. The minimum atomic E-state index is -1.12. The largest absolute Gasteiger partial charge is 0.507 e. The van der Waals surface area contributed by atoms with Crippen molar-refractivity contribution in [2.24, 2.45) is 0 Å². The Morgan fingerprint density at radius 3 is 2.24 bits per heavy atom. The highest BCUT2D eigenvalue weighted by Gasteiger charge is 2.49. The molecule has 1 N–H and O–H groups in total. The number of benzene rings is 2. The van der Waals surface area contributed by atoms with Crippen molar-refractivity contribution in [3.05, 3.63) is 69.2 Å². The third kappa shape index (κ3) is 4.45. The lowest BCUT2D eigenvalue weighted by Gasteiger charge is -2.25. The van der Waals surface area contributed by atoms with Gasteiger partial charge in [-0.15, -0.1) is 0 Å². The van der Waals surface area contributed by atoms with Gasteiger partial charge in [-0.3, -0.25) is 14.5 Å². The SMILES string of the molecule is COC(=O)c1sc(N2C(=O)C(=O)/C(=C(/O)c3ccc(OC)cc3C)C2c2ccc(OC)cc2OC)nc1C. The first-order chi connectivity index (χ1) is 18.2. The second-order valence-corrected chi connectivity index (χ2v) is 9.34. The number of rotatable bonds is 7. The molecule has 1 aliphatic rings. The van der Waals surface area contributed by atoms with Crippen molar-refractivity contribution in [3.8, 4) is 17.2 Å². The molecule has 1 fully saturated rings. The van der Waals surface area contributed by atoms with Gasteiger partial charge in [0.25, 0.3) is 5.78 Å². The molecule has 11 heteroatoms. The summed E-state index contributed by atoms with van der Waals surface area (Å²) in [4.78, 5) is 45.0. The molecule has 0 saturated carbocycles. The Morgan fingerprint density at radius 2 is 1.63 bits per heavy atom. The number of hydrogen-bond donors (Lipinski definition) is 1. The second-order valence-electron chi connectivity index (χ2n) is 8.36. The fourth-order valence-electron chi connectivity index (χ4n) is 4.31. The number of anilines is 1. The molecule has 1 saturated heterocycles. The fourth-order valence-corrected chi connectivity index (χ4v) is 5.32. The Hall–Kier alpha value is -4.38. The summed E-state index contributed by atoms with van der Waals surface area (Å²) in [6.45, 7) is 3.36. The molecule has 1 unspecified atom stereocenters. The van der Waals surface area contributed by atoms with E-state index in [0.29, 0.717) is 39.6 Å². The van der Waals surface area contributed by atoms with Crippen LogP contribution in [0.25, 0.3) is 5.76 Å². The van der Waals surface area contributed by atoms with Crippen molar-refractivity contribution in [1.82, 2.24) is 4.98 Å². The lowest BCUT2D eigenvalue weighted by Crippen LogP contribution is -2.29. The number of aliphatic hydroxyl groups excluding tert-OH is 1. The van der Waals surface area contributed by atoms with Crippen LogP contribution >= 0.6 is 11.3 Å². The van der Waals surface area contributed by atoms with E-state index in [9.17, 15) is 19.5 Å². The third-order valence-electron chi connectivity index (χ3n) is 6.23. The Bertz CT molecular complexity index is 1480. The van der Waals surface area contributed by atoms with E-state index in [1.54, 1.807) is 50.2 Å². The van der Waals surface area contributed by atoms with Crippen LogP contribution in [0, 0.1) is 13.8 Å². The van der Waals surface area contributed by atoms with Gasteiger partial charge in [-0.2, -0.15) is 0 Å². The molecule has 0 radical (unpaired) electrons.